The smallest absolute Gasteiger partial charge is 0.333 e. The molecule has 1 rings (SSSR count). The fraction of sp³-hybridized carbons (Fsp3) is 0.636. The summed E-state index contributed by atoms with van der Waals surface area (Å²) in [5.74, 6) is -0.337. The quantitative estimate of drug-likeness (QED) is 0.508. The van der Waals surface area contributed by atoms with Gasteiger partial charge in [-0.05, 0) is 19.8 Å². The summed E-state index contributed by atoms with van der Waals surface area (Å²) in [5.41, 5.74) is 0.398. The lowest BCUT2D eigenvalue weighted by Crippen LogP contribution is -2.42. The molecule has 1 aliphatic rings. The average Bonchev–Trinajstić information content (AvgIpc) is 2.18. The first kappa shape index (κ1) is 11.8. The SMILES string of the molecule is C=C(C)C(=O)OC1CCCN(C(C)=O)C1. The number of hydrogen-bond donors (Lipinski definition) is 0. The van der Waals surface area contributed by atoms with Crippen molar-refractivity contribution < 1.29 is 14.3 Å². The number of nitrogens with zero attached hydrogens (tertiary/aromatic N) is 1. The zero-order chi connectivity index (χ0) is 11.4. The van der Waals surface area contributed by atoms with E-state index >= 15 is 0 Å². The molecule has 1 unspecified atom stereocenters. The number of likely N-dealkylation sites (tertiary alicyclic amines) is 1. The molecule has 1 amide bonds. The van der Waals surface area contributed by atoms with Crippen molar-refractivity contribution in [3.05, 3.63) is 12.2 Å². The third kappa shape index (κ3) is 3.38. The highest BCUT2D eigenvalue weighted by Gasteiger charge is 2.24. The first-order valence-corrected chi connectivity index (χ1v) is 5.12. The summed E-state index contributed by atoms with van der Waals surface area (Å²) in [5, 5.41) is 0. The average molecular weight is 211 g/mol. The molecule has 0 aromatic heterocycles. The van der Waals surface area contributed by atoms with Gasteiger partial charge in [0.2, 0.25) is 5.91 Å². The minimum atomic E-state index is -0.370. The topological polar surface area (TPSA) is 46.6 Å². The Labute approximate surface area is 89.9 Å². The van der Waals surface area contributed by atoms with Crippen molar-refractivity contribution >= 4 is 11.9 Å². The van der Waals surface area contributed by atoms with E-state index in [9.17, 15) is 9.59 Å². The van der Waals surface area contributed by atoms with Crippen molar-refractivity contribution in [1.82, 2.24) is 4.90 Å². The molecular weight excluding hydrogens is 194 g/mol. The van der Waals surface area contributed by atoms with E-state index in [1.54, 1.807) is 11.8 Å². The third-order valence-corrected chi connectivity index (χ3v) is 2.45. The number of amides is 1. The van der Waals surface area contributed by atoms with Crippen LogP contribution in [-0.4, -0.2) is 36.0 Å². The highest BCUT2D eigenvalue weighted by molar-refractivity contribution is 5.87. The summed E-state index contributed by atoms with van der Waals surface area (Å²) in [4.78, 5) is 24.1. The summed E-state index contributed by atoms with van der Waals surface area (Å²) in [6.07, 6.45) is 1.53. The Morgan fingerprint density at radius 3 is 2.60 bits per heavy atom. The minimum Gasteiger partial charge on any atom is -0.457 e. The van der Waals surface area contributed by atoms with Gasteiger partial charge in [0.25, 0.3) is 0 Å². The molecule has 0 N–H and O–H groups in total. The van der Waals surface area contributed by atoms with Crippen molar-refractivity contribution in [2.24, 2.45) is 0 Å². The second kappa shape index (κ2) is 4.96. The lowest BCUT2D eigenvalue weighted by Gasteiger charge is -2.31. The van der Waals surface area contributed by atoms with Gasteiger partial charge >= 0.3 is 5.97 Å². The highest BCUT2D eigenvalue weighted by atomic mass is 16.5. The van der Waals surface area contributed by atoms with E-state index < -0.39 is 0 Å². The van der Waals surface area contributed by atoms with Crippen LogP contribution < -0.4 is 0 Å². The molecule has 0 saturated carbocycles. The van der Waals surface area contributed by atoms with Gasteiger partial charge in [0.15, 0.2) is 0 Å². The lowest BCUT2D eigenvalue weighted by molar-refractivity contribution is -0.150. The fourth-order valence-electron chi connectivity index (χ4n) is 1.57. The Bertz CT molecular complexity index is 286. The van der Waals surface area contributed by atoms with Crippen LogP contribution in [-0.2, 0) is 14.3 Å². The second-order valence-corrected chi connectivity index (χ2v) is 3.91. The van der Waals surface area contributed by atoms with Gasteiger partial charge in [-0.2, -0.15) is 0 Å². The molecule has 1 heterocycles. The van der Waals surface area contributed by atoms with Gasteiger partial charge in [0.1, 0.15) is 6.10 Å². The zero-order valence-electron chi connectivity index (χ0n) is 9.28. The molecule has 1 fully saturated rings. The van der Waals surface area contributed by atoms with Crippen LogP contribution in [0.3, 0.4) is 0 Å². The van der Waals surface area contributed by atoms with E-state index in [1.165, 1.54) is 6.92 Å². The van der Waals surface area contributed by atoms with Gasteiger partial charge in [-0.3, -0.25) is 4.79 Å². The maximum Gasteiger partial charge on any atom is 0.333 e. The first-order chi connectivity index (χ1) is 7.00. The maximum atomic E-state index is 11.3. The monoisotopic (exact) mass is 211 g/mol. The van der Waals surface area contributed by atoms with Crippen molar-refractivity contribution in [3.63, 3.8) is 0 Å². The van der Waals surface area contributed by atoms with Crippen LogP contribution in [0.1, 0.15) is 26.7 Å². The van der Waals surface area contributed by atoms with Gasteiger partial charge in [0.05, 0.1) is 6.54 Å². The van der Waals surface area contributed by atoms with E-state index in [1.807, 2.05) is 0 Å². The maximum absolute atomic E-state index is 11.3. The molecule has 0 radical (unpaired) electrons. The molecule has 0 aliphatic carbocycles. The molecule has 1 atom stereocenters. The zero-order valence-corrected chi connectivity index (χ0v) is 9.28. The predicted molar refractivity (Wildman–Crippen MR) is 56.2 cm³/mol. The number of carbonyl (C=O) groups excluding carboxylic acids is 2. The largest absolute Gasteiger partial charge is 0.457 e. The van der Waals surface area contributed by atoms with Gasteiger partial charge < -0.3 is 9.64 Å². The first-order valence-electron chi connectivity index (χ1n) is 5.12. The molecular formula is C11H17NO3. The van der Waals surface area contributed by atoms with Crippen LogP contribution in [0.25, 0.3) is 0 Å². The molecule has 0 aromatic rings. The number of esters is 1. The molecule has 0 bridgehead atoms. The lowest BCUT2D eigenvalue weighted by atomic mass is 10.1. The molecule has 1 saturated heterocycles. The van der Waals surface area contributed by atoms with E-state index in [2.05, 4.69) is 6.58 Å². The minimum absolute atomic E-state index is 0.0334. The van der Waals surface area contributed by atoms with Crippen molar-refractivity contribution in [1.29, 1.82) is 0 Å². The predicted octanol–water partition coefficient (Wildman–Crippen LogP) is 1.12. The highest BCUT2D eigenvalue weighted by Crippen LogP contribution is 2.14. The molecule has 15 heavy (non-hydrogen) atoms. The normalized spacial score (nSPS) is 20.9. The van der Waals surface area contributed by atoms with Crippen LogP contribution in [0.4, 0.5) is 0 Å². The van der Waals surface area contributed by atoms with Crippen molar-refractivity contribution in [2.75, 3.05) is 13.1 Å². The molecule has 0 spiro atoms. The second-order valence-electron chi connectivity index (χ2n) is 3.91. The molecule has 0 aromatic carbocycles. The van der Waals surface area contributed by atoms with Crippen molar-refractivity contribution in [2.45, 2.75) is 32.8 Å². The van der Waals surface area contributed by atoms with Gasteiger partial charge in [-0.25, -0.2) is 4.79 Å². The van der Waals surface area contributed by atoms with E-state index in [-0.39, 0.29) is 18.0 Å². The number of piperidine rings is 1. The Balaban J connectivity index is 2.46. The molecule has 1 aliphatic heterocycles. The number of ether oxygens (including phenoxy) is 1. The Hall–Kier alpha value is -1.32. The molecule has 4 nitrogen and oxygen atoms in total. The van der Waals surface area contributed by atoms with Gasteiger partial charge in [-0.1, -0.05) is 6.58 Å². The van der Waals surface area contributed by atoms with E-state index in [0.29, 0.717) is 12.1 Å². The summed E-state index contributed by atoms with van der Waals surface area (Å²) in [7, 11) is 0. The van der Waals surface area contributed by atoms with Crippen LogP contribution in [0.5, 0.6) is 0 Å². The number of hydrogen-bond acceptors (Lipinski definition) is 3. The van der Waals surface area contributed by atoms with Crippen LogP contribution in [0.15, 0.2) is 12.2 Å². The third-order valence-electron chi connectivity index (χ3n) is 2.45. The Morgan fingerprint density at radius 2 is 2.07 bits per heavy atom. The summed E-state index contributed by atoms with van der Waals surface area (Å²) in [6, 6.07) is 0. The summed E-state index contributed by atoms with van der Waals surface area (Å²) in [6.45, 7) is 7.94. The van der Waals surface area contributed by atoms with Crippen LogP contribution in [0.2, 0.25) is 0 Å². The van der Waals surface area contributed by atoms with Crippen LogP contribution in [0, 0.1) is 0 Å². The summed E-state index contributed by atoms with van der Waals surface area (Å²) >= 11 is 0. The molecule has 84 valence electrons. The Morgan fingerprint density at radius 1 is 1.40 bits per heavy atom. The van der Waals surface area contributed by atoms with Crippen molar-refractivity contribution in [3.8, 4) is 0 Å². The Kier molecular flexibility index (Phi) is 3.88. The van der Waals surface area contributed by atoms with Gasteiger partial charge in [-0.15, -0.1) is 0 Å². The van der Waals surface area contributed by atoms with E-state index in [0.717, 1.165) is 19.4 Å². The number of carbonyl (C=O) groups is 2. The standard InChI is InChI=1S/C11H17NO3/c1-8(2)11(14)15-10-5-4-6-12(7-10)9(3)13/h10H,1,4-7H2,2-3H3. The number of rotatable bonds is 2. The van der Waals surface area contributed by atoms with Crippen LogP contribution >= 0.6 is 0 Å². The summed E-state index contributed by atoms with van der Waals surface area (Å²) < 4.78 is 5.20. The van der Waals surface area contributed by atoms with Gasteiger partial charge in [0, 0.05) is 19.0 Å². The fourth-order valence-corrected chi connectivity index (χ4v) is 1.57. The molecule has 4 heteroatoms. The van der Waals surface area contributed by atoms with E-state index in [4.69, 9.17) is 4.74 Å².